The highest BCUT2D eigenvalue weighted by atomic mass is 16.1. The third-order valence-electron chi connectivity index (χ3n) is 2.50. The van der Waals surface area contributed by atoms with Crippen LogP contribution in [0.15, 0.2) is 4.79 Å². The van der Waals surface area contributed by atoms with Gasteiger partial charge in [0.05, 0.1) is 11.2 Å². The summed E-state index contributed by atoms with van der Waals surface area (Å²) in [5.74, 6) is 0. The van der Waals surface area contributed by atoms with E-state index in [1.807, 2.05) is 41.5 Å². The maximum absolute atomic E-state index is 11.9. The first-order valence-corrected chi connectivity index (χ1v) is 4.82. The smallest absolute Gasteiger partial charge is 0.267 e. The highest BCUT2D eigenvalue weighted by molar-refractivity contribution is 5.24. The van der Waals surface area contributed by atoms with Crippen LogP contribution in [-0.4, -0.2) is 9.78 Å². The molecule has 0 spiro atoms. The van der Waals surface area contributed by atoms with Crippen molar-refractivity contribution >= 4 is 0 Å². The standard InChI is InChI=1S/C11H18N2O/c1-7-8(2)10(14)13(11(4,5)6)12-9(7)3/h1-6H3. The third-order valence-corrected chi connectivity index (χ3v) is 2.50. The molecule has 0 radical (unpaired) electrons. The highest BCUT2D eigenvalue weighted by Gasteiger charge is 2.18. The summed E-state index contributed by atoms with van der Waals surface area (Å²) in [4.78, 5) is 11.9. The van der Waals surface area contributed by atoms with Gasteiger partial charge in [-0.25, -0.2) is 4.68 Å². The Morgan fingerprint density at radius 2 is 1.57 bits per heavy atom. The SMILES string of the molecule is Cc1nn(C(C)(C)C)c(=O)c(C)c1C. The van der Waals surface area contributed by atoms with Crippen LogP contribution in [0.25, 0.3) is 0 Å². The molecule has 0 aliphatic rings. The Hall–Kier alpha value is -1.12. The predicted molar refractivity (Wildman–Crippen MR) is 57.7 cm³/mol. The van der Waals surface area contributed by atoms with Gasteiger partial charge in [-0.1, -0.05) is 0 Å². The number of aromatic nitrogens is 2. The Morgan fingerprint density at radius 3 is 2.00 bits per heavy atom. The molecule has 1 aromatic heterocycles. The minimum absolute atomic E-state index is 0.0144. The summed E-state index contributed by atoms with van der Waals surface area (Å²) >= 11 is 0. The van der Waals surface area contributed by atoms with E-state index in [1.54, 1.807) is 4.68 Å². The van der Waals surface area contributed by atoms with Crippen molar-refractivity contribution in [3.63, 3.8) is 0 Å². The summed E-state index contributed by atoms with van der Waals surface area (Å²) in [6.45, 7) is 11.7. The van der Waals surface area contributed by atoms with Crippen molar-refractivity contribution in [1.29, 1.82) is 0 Å². The number of hydrogen-bond donors (Lipinski definition) is 0. The zero-order valence-electron chi connectivity index (χ0n) is 9.80. The molecule has 0 saturated carbocycles. The lowest BCUT2D eigenvalue weighted by molar-refractivity contribution is 0.333. The second-order valence-electron chi connectivity index (χ2n) is 4.72. The molecular weight excluding hydrogens is 176 g/mol. The maximum Gasteiger partial charge on any atom is 0.270 e. The number of aryl methyl sites for hydroxylation is 1. The molecule has 0 N–H and O–H groups in total. The van der Waals surface area contributed by atoms with Crippen LogP contribution < -0.4 is 5.56 Å². The molecule has 3 nitrogen and oxygen atoms in total. The van der Waals surface area contributed by atoms with Crippen LogP contribution in [0.5, 0.6) is 0 Å². The summed E-state index contributed by atoms with van der Waals surface area (Å²) < 4.78 is 1.56. The van der Waals surface area contributed by atoms with Gasteiger partial charge in [-0.3, -0.25) is 4.79 Å². The van der Waals surface area contributed by atoms with E-state index in [0.717, 1.165) is 16.8 Å². The van der Waals surface area contributed by atoms with E-state index in [4.69, 9.17) is 0 Å². The molecule has 14 heavy (non-hydrogen) atoms. The molecule has 1 aromatic rings. The molecule has 0 aliphatic heterocycles. The topological polar surface area (TPSA) is 34.9 Å². The Bertz CT molecular complexity index is 411. The normalized spacial score (nSPS) is 11.9. The molecule has 0 aliphatic carbocycles. The first kappa shape index (κ1) is 11.0. The van der Waals surface area contributed by atoms with Crippen molar-refractivity contribution in [2.24, 2.45) is 0 Å². The van der Waals surface area contributed by atoms with Crippen LogP contribution in [0.3, 0.4) is 0 Å². The summed E-state index contributed by atoms with van der Waals surface area (Å²) in [5, 5.41) is 4.31. The van der Waals surface area contributed by atoms with Gasteiger partial charge in [-0.2, -0.15) is 5.10 Å². The summed E-state index contributed by atoms with van der Waals surface area (Å²) in [7, 11) is 0. The molecule has 3 heteroatoms. The summed E-state index contributed by atoms with van der Waals surface area (Å²) in [6.07, 6.45) is 0. The molecular formula is C11H18N2O. The van der Waals surface area contributed by atoms with E-state index < -0.39 is 0 Å². The van der Waals surface area contributed by atoms with Gasteiger partial charge in [0.1, 0.15) is 0 Å². The van der Waals surface area contributed by atoms with Crippen molar-refractivity contribution in [2.45, 2.75) is 47.1 Å². The van der Waals surface area contributed by atoms with Crippen LogP contribution in [-0.2, 0) is 5.54 Å². The first-order valence-electron chi connectivity index (χ1n) is 4.82. The Labute approximate surface area is 84.8 Å². The fourth-order valence-electron chi connectivity index (χ4n) is 1.32. The van der Waals surface area contributed by atoms with Gasteiger partial charge in [-0.05, 0) is 47.1 Å². The van der Waals surface area contributed by atoms with Gasteiger partial charge in [0.25, 0.3) is 5.56 Å². The Morgan fingerprint density at radius 1 is 1.07 bits per heavy atom. The number of rotatable bonds is 0. The average Bonchev–Trinajstić information content (AvgIpc) is 2.06. The van der Waals surface area contributed by atoms with Crippen molar-refractivity contribution in [1.82, 2.24) is 9.78 Å². The van der Waals surface area contributed by atoms with E-state index in [-0.39, 0.29) is 11.1 Å². The monoisotopic (exact) mass is 194 g/mol. The summed E-state index contributed by atoms with van der Waals surface area (Å²) in [5.41, 5.74) is 2.49. The number of nitrogens with zero attached hydrogens (tertiary/aromatic N) is 2. The predicted octanol–water partition coefficient (Wildman–Crippen LogP) is 1.92. The molecule has 0 amide bonds. The Balaban J connectivity index is 3.58. The second kappa shape index (κ2) is 3.23. The largest absolute Gasteiger partial charge is 0.270 e. The van der Waals surface area contributed by atoms with Gasteiger partial charge in [0, 0.05) is 5.56 Å². The van der Waals surface area contributed by atoms with E-state index in [0.29, 0.717) is 0 Å². The summed E-state index contributed by atoms with van der Waals surface area (Å²) in [6, 6.07) is 0. The van der Waals surface area contributed by atoms with Crippen LogP contribution in [0, 0.1) is 20.8 Å². The van der Waals surface area contributed by atoms with Crippen molar-refractivity contribution in [3.05, 3.63) is 27.2 Å². The molecule has 1 rings (SSSR count). The Kier molecular flexibility index (Phi) is 2.52. The zero-order valence-corrected chi connectivity index (χ0v) is 9.80. The molecule has 0 fully saturated rings. The lowest BCUT2D eigenvalue weighted by atomic mass is 10.1. The van der Waals surface area contributed by atoms with Crippen molar-refractivity contribution < 1.29 is 0 Å². The van der Waals surface area contributed by atoms with Gasteiger partial charge >= 0.3 is 0 Å². The van der Waals surface area contributed by atoms with E-state index in [2.05, 4.69) is 5.10 Å². The fraction of sp³-hybridized carbons (Fsp3) is 0.636. The van der Waals surface area contributed by atoms with Gasteiger partial charge in [-0.15, -0.1) is 0 Å². The van der Waals surface area contributed by atoms with E-state index in [1.165, 1.54) is 0 Å². The molecule has 78 valence electrons. The third kappa shape index (κ3) is 1.72. The molecule has 0 aromatic carbocycles. The molecule has 0 bridgehead atoms. The molecule has 1 heterocycles. The van der Waals surface area contributed by atoms with Gasteiger partial charge < -0.3 is 0 Å². The minimum Gasteiger partial charge on any atom is -0.267 e. The molecule has 0 saturated heterocycles. The average molecular weight is 194 g/mol. The highest BCUT2D eigenvalue weighted by Crippen LogP contribution is 2.12. The van der Waals surface area contributed by atoms with Gasteiger partial charge in [0.15, 0.2) is 0 Å². The lowest BCUT2D eigenvalue weighted by Crippen LogP contribution is -2.38. The lowest BCUT2D eigenvalue weighted by Gasteiger charge is -2.22. The van der Waals surface area contributed by atoms with E-state index in [9.17, 15) is 4.79 Å². The second-order valence-corrected chi connectivity index (χ2v) is 4.72. The molecule has 0 unspecified atom stereocenters. The van der Waals surface area contributed by atoms with Crippen LogP contribution in [0.1, 0.15) is 37.6 Å². The van der Waals surface area contributed by atoms with E-state index >= 15 is 0 Å². The molecule has 0 atom stereocenters. The maximum atomic E-state index is 11.9. The van der Waals surface area contributed by atoms with Crippen LogP contribution in [0.2, 0.25) is 0 Å². The van der Waals surface area contributed by atoms with Crippen LogP contribution in [0.4, 0.5) is 0 Å². The quantitative estimate of drug-likeness (QED) is 0.632. The van der Waals surface area contributed by atoms with Crippen LogP contribution >= 0.6 is 0 Å². The van der Waals surface area contributed by atoms with Crippen molar-refractivity contribution in [3.8, 4) is 0 Å². The first-order chi connectivity index (χ1) is 6.25. The van der Waals surface area contributed by atoms with Crippen molar-refractivity contribution in [2.75, 3.05) is 0 Å². The zero-order chi connectivity index (χ0) is 11.1. The number of hydrogen-bond acceptors (Lipinski definition) is 2. The fourth-order valence-corrected chi connectivity index (χ4v) is 1.32. The van der Waals surface area contributed by atoms with Gasteiger partial charge in [0.2, 0.25) is 0 Å². The minimum atomic E-state index is -0.250.